The topological polar surface area (TPSA) is 132 Å². The molecule has 2 aliphatic rings. The monoisotopic (exact) mass is 722 g/mol. The number of Topliss-reactive ketones (excluding diaryl/α,β-unsaturated/α-hetero) is 4. The highest BCUT2D eigenvalue weighted by atomic mass is 32.2. The summed E-state index contributed by atoms with van der Waals surface area (Å²) in [5.41, 5.74) is 5.10. The van der Waals surface area contributed by atoms with Crippen molar-refractivity contribution in [1.29, 1.82) is 0 Å². The molecule has 0 spiro atoms. The summed E-state index contributed by atoms with van der Waals surface area (Å²) in [5.74, 6) is 0.155. The number of rotatable bonds is 22. The zero-order valence-electron chi connectivity index (χ0n) is 30.9. The van der Waals surface area contributed by atoms with Crippen molar-refractivity contribution in [2.75, 3.05) is 19.5 Å². The molecule has 2 rings (SSSR count). The second-order valence-electron chi connectivity index (χ2n) is 13.4. The number of unbranched alkanes of at least 4 members (excludes halogenated alkanes) is 14. The van der Waals surface area contributed by atoms with E-state index < -0.39 is 10.1 Å². The van der Waals surface area contributed by atoms with Crippen molar-refractivity contribution < 1.29 is 36.9 Å². The standard InChI is InChI=1S/C20H32O5S.C19H30O3.2CH4/c1-15-16(2)20(22)18(17(3)19(15)21)13-11-9-7-5-6-8-10-12-14-25-26(4,23)24;1-14-15(2)19(22)17(16(3)18(14)21)12-10-8-6-4-5-7-9-11-13-20;;/h5-14H2,1-4H3;20H,4-13H2,1-3H3;2*1H4. The van der Waals surface area contributed by atoms with Crippen LogP contribution >= 0.6 is 0 Å². The number of carbonyl (C=O) groups is 4. The van der Waals surface area contributed by atoms with E-state index in [9.17, 15) is 27.6 Å². The van der Waals surface area contributed by atoms with E-state index >= 15 is 0 Å². The van der Waals surface area contributed by atoms with Gasteiger partial charge in [0, 0.05) is 51.2 Å². The third-order valence-corrected chi connectivity index (χ3v) is 10.2. The minimum absolute atomic E-state index is 0. The van der Waals surface area contributed by atoms with Crippen LogP contribution in [-0.4, -0.2) is 56.1 Å². The number of carbonyl (C=O) groups excluding carboxylic acids is 4. The Kier molecular flexibility index (Phi) is 26.1. The average Bonchev–Trinajstić information content (AvgIpc) is 3.05. The summed E-state index contributed by atoms with van der Waals surface area (Å²) in [6, 6.07) is 0. The van der Waals surface area contributed by atoms with Gasteiger partial charge < -0.3 is 5.11 Å². The molecule has 0 radical (unpaired) electrons. The Morgan fingerprint density at radius 2 is 0.720 bits per heavy atom. The van der Waals surface area contributed by atoms with Gasteiger partial charge in [0.2, 0.25) is 0 Å². The molecule has 0 fully saturated rings. The van der Waals surface area contributed by atoms with Gasteiger partial charge in [0.25, 0.3) is 10.1 Å². The van der Waals surface area contributed by atoms with Crippen molar-refractivity contribution >= 4 is 33.3 Å². The minimum atomic E-state index is -3.31. The van der Waals surface area contributed by atoms with Crippen LogP contribution in [-0.2, 0) is 33.5 Å². The SMILES string of the molecule is C.C.CC1=C(C)C(=O)C(CCCCCCCCCCO)=C(C)C1=O.CC1=C(C)C(=O)C(CCCCCCCCCCOS(C)(=O)=O)=C(C)C1=O. The molecule has 0 heterocycles. The van der Waals surface area contributed by atoms with Gasteiger partial charge in [-0.2, -0.15) is 8.42 Å². The third kappa shape index (κ3) is 17.6. The first kappa shape index (κ1) is 49.6. The summed E-state index contributed by atoms with van der Waals surface area (Å²) in [4.78, 5) is 48.8. The molecule has 0 amide bonds. The molecule has 0 unspecified atom stereocenters. The van der Waals surface area contributed by atoms with Crippen molar-refractivity contribution in [1.82, 2.24) is 0 Å². The van der Waals surface area contributed by atoms with Gasteiger partial charge in [-0.1, -0.05) is 91.9 Å². The highest BCUT2D eigenvalue weighted by Gasteiger charge is 2.28. The molecule has 0 aromatic heterocycles. The summed E-state index contributed by atoms with van der Waals surface area (Å²) in [6.07, 6.45) is 19.6. The number of aliphatic hydroxyl groups excluding tert-OH is 1. The fourth-order valence-electron chi connectivity index (χ4n) is 6.06. The summed E-state index contributed by atoms with van der Waals surface area (Å²) < 4.78 is 26.3. The van der Waals surface area contributed by atoms with Crippen molar-refractivity contribution in [3.05, 3.63) is 44.6 Å². The van der Waals surface area contributed by atoms with E-state index in [4.69, 9.17) is 9.29 Å². The van der Waals surface area contributed by atoms with Gasteiger partial charge in [-0.3, -0.25) is 23.4 Å². The number of aliphatic hydroxyl groups is 1. The highest BCUT2D eigenvalue weighted by molar-refractivity contribution is 7.85. The van der Waals surface area contributed by atoms with Crippen LogP contribution in [0.15, 0.2) is 44.6 Å². The molecule has 50 heavy (non-hydrogen) atoms. The second kappa shape index (κ2) is 26.3. The van der Waals surface area contributed by atoms with Gasteiger partial charge in [0.05, 0.1) is 12.9 Å². The van der Waals surface area contributed by atoms with Gasteiger partial charge in [0.15, 0.2) is 23.1 Å². The molecule has 0 atom stereocenters. The van der Waals surface area contributed by atoms with E-state index in [1.807, 2.05) is 0 Å². The molecule has 0 aromatic rings. The average molecular weight is 723 g/mol. The zero-order chi connectivity index (χ0) is 36.3. The molecule has 8 nitrogen and oxygen atoms in total. The van der Waals surface area contributed by atoms with Crippen LogP contribution in [0.3, 0.4) is 0 Å². The quantitative estimate of drug-likeness (QED) is 0.0664. The lowest BCUT2D eigenvalue weighted by atomic mass is 9.84. The smallest absolute Gasteiger partial charge is 0.264 e. The first-order chi connectivity index (χ1) is 22.7. The first-order valence-corrected chi connectivity index (χ1v) is 19.9. The highest BCUT2D eigenvalue weighted by Crippen LogP contribution is 2.29. The van der Waals surface area contributed by atoms with Gasteiger partial charge in [0.1, 0.15) is 0 Å². The molecule has 0 bridgehead atoms. The fourth-order valence-corrected chi connectivity index (χ4v) is 6.48. The molecule has 288 valence electrons. The Hall–Kier alpha value is -2.49. The summed E-state index contributed by atoms with van der Waals surface area (Å²) in [5, 5.41) is 8.70. The van der Waals surface area contributed by atoms with Crippen molar-refractivity contribution in [3.63, 3.8) is 0 Å². The van der Waals surface area contributed by atoms with Crippen LogP contribution in [0, 0.1) is 0 Å². The van der Waals surface area contributed by atoms with E-state index in [0.29, 0.717) is 52.0 Å². The number of hydrogen-bond acceptors (Lipinski definition) is 8. The molecular weight excluding hydrogens is 653 g/mol. The third-order valence-electron chi connectivity index (χ3n) is 9.58. The molecule has 0 saturated carbocycles. The lowest BCUT2D eigenvalue weighted by molar-refractivity contribution is -0.116. The summed E-state index contributed by atoms with van der Waals surface area (Å²) >= 11 is 0. The fraction of sp³-hybridized carbons (Fsp3) is 0.707. The van der Waals surface area contributed by atoms with E-state index in [-0.39, 0.29) is 44.6 Å². The van der Waals surface area contributed by atoms with E-state index in [2.05, 4.69) is 0 Å². The van der Waals surface area contributed by atoms with Crippen LogP contribution in [0.4, 0.5) is 0 Å². The van der Waals surface area contributed by atoms with Crippen LogP contribution < -0.4 is 0 Å². The molecule has 1 N–H and O–H groups in total. The lowest BCUT2D eigenvalue weighted by Crippen LogP contribution is -2.20. The summed E-state index contributed by atoms with van der Waals surface area (Å²) in [7, 11) is -3.31. The summed E-state index contributed by atoms with van der Waals surface area (Å²) in [6.45, 7) is 11.1. The van der Waals surface area contributed by atoms with Crippen LogP contribution in [0.25, 0.3) is 0 Å². The molecular formula is C41H70O8S. The van der Waals surface area contributed by atoms with E-state index in [1.54, 1.807) is 41.5 Å². The van der Waals surface area contributed by atoms with Gasteiger partial charge in [-0.15, -0.1) is 0 Å². The van der Waals surface area contributed by atoms with Gasteiger partial charge >= 0.3 is 0 Å². The van der Waals surface area contributed by atoms with Crippen LogP contribution in [0.5, 0.6) is 0 Å². The maximum Gasteiger partial charge on any atom is 0.264 e. The Morgan fingerprint density at radius 1 is 0.440 bits per heavy atom. The van der Waals surface area contributed by atoms with Crippen molar-refractivity contribution in [3.8, 4) is 0 Å². The Morgan fingerprint density at radius 3 is 1.04 bits per heavy atom. The first-order valence-electron chi connectivity index (χ1n) is 18.0. The predicted molar refractivity (Wildman–Crippen MR) is 207 cm³/mol. The van der Waals surface area contributed by atoms with Crippen LogP contribution in [0.2, 0.25) is 0 Å². The predicted octanol–water partition coefficient (Wildman–Crippen LogP) is 9.84. The molecule has 2 aliphatic carbocycles. The minimum Gasteiger partial charge on any atom is -0.396 e. The van der Waals surface area contributed by atoms with E-state index in [0.717, 1.165) is 95.3 Å². The molecule has 0 aliphatic heterocycles. The van der Waals surface area contributed by atoms with Crippen molar-refractivity contribution in [2.24, 2.45) is 0 Å². The number of hydrogen-bond donors (Lipinski definition) is 1. The Balaban J connectivity index is 0. The van der Waals surface area contributed by atoms with Crippen LogP contribution in [0.1, 0.15) is 172 Å². The largest absolute Gasteiger partial charge is 0.396 e. The molecule has 0 aromatic carbocycles. The maximum absolute atomic E-state index is 12.3. The Bertz CT molecular complexity index is 1360. The second-order valence-corrected chi connectivity index (χ2v) is 15.1. The Labute approximate surface area is 305 Å². The number of ketones is 4. The van der Waals surface area contributed by atoms with Gasteiger partial charge in [-0.25, -0.2) is 0 Å². The maximum atomic E-state index is 12.3. The molecule has 0 saturated heterocycles. The number of allylic oxidation sites excluding steroid dienone is 8. The zero-order valence-corrected chi connectivity index (χ0v) is 31.7. The van der Waals surface area contributed by atoms with E-state index in [1.165, 1.54) is 25.7 Å². The lowest BCUT2D eigenvalue weighted by Gasteiger charge is -2.18. The van der Waals surface area contributed by atoms with Crippen molar-refractivity contribution in [2.45, 2.75) is 172 Å². The van der Waals surface area contributed by atoms with Gasteiger partial charge in [-0.05, 0) is 80.1 Å². The molecule has 9 heteroatoms. The normalized spacial score (nSPS) is 15.4.